The van der Waals surface area contributed by atoms with E-state index >= 15 is 0 Å². The molecule has 1 aliphatic rings. The summed E-state index contributed by atoms with van der Waals surface area (Å²) in [5.41, 5.74) is 5.99. The highest BCUT2D eigenvalue weighted by Crippen LogP contribution is 2.28. The lowest BCUT2D eigenvalue weighted by Gasteiger charge is -2.27. The van der Waals surface area contributed by atoms with Crippen molar-refractivity contribution < 1.29 is 0 Å². The molecule has 29 heavy (non-hydrogen) atoms. The number of benzene rings is 2. The topological polar surface area (TPSA) is 29.0 Å². The number of fused-ring (bicyclic) bond motifs is 1. The number of hydrogen-bond donors (Lipinski definition) is 0. The fourth-order valence-corrected chi connectivity index (χ4v) is 4.77. The molecule has 0 saturated heterocycles. The molecule has 1 aliphatic heterocycles. The number of aromatic nitrogens is 2. The molecule has 0 unspecified atom stereocenters. The highest BCUT2D eigenvalue weighted by molar-refractivity contribution is 7.10. The molecule has 4 aromatic rings. The molecular formula is C24H20ClN3S. The molecule has 5 rings (SSSR count). The van der Waals surface area contributed by atoms with Gasteiger partial charge < -0.3 is 0 Å². The molecule has 0 fully saturated rings. The van der Waals surface area contributed by atoms with Crippen LogP contribution in [0, 0.1) is 0 Å². The maximum absolute atomic E-state index is 5.99. The fraction of sp³-hybridized carbons (Fsp3) is 0.167. The number of hydrogen-bond acceptors (Lipinski definition) is 4. The van der Waals surface area contributed by atoms with E-state index in [1.54, 1.807) is 0 Å². The maximum atomic E-state index is 5.99. The molecule has 3 nitrogen and oxygen atoms in total. The molecule has 0 bridgehead atoms. The number of thiophene rings is 1. The van der Waals surface area contributed by atoms with Crippen LogP contribution in [0.3, 0.4) is 0 Å². The SMILES string of the molecule is Clc1ccc(-c2ncc3c(n2)CCN(Cc2cc(-c4ccccc4)cs2)C3)cc1. The Labute approximate surface area is 179 Å². The van der Waals surface area contributed by atoms with Crippen molar-refractivity contribution in [3.63, 3.8) is 0 Å². The van der Waals surface area contributed by atoms with Gasteiger partial charge in [0.2, 0.25) is 0 Å². The third-order valence-electron chi connectivity index (χ3n) is 5.26. The van der Waals surface area contributed by atoms with Crippen LogP contribution in [0.1, 0.15) is 16.1 Å². The van der Waals surface area contributed by atoms with E-state index in [2.05, 4.69) is 51.7 Å². The number of halogens is 1. The van der Waals surface area contributed by atoms with Crippen LogP contribution >= 0.6 is 22.9 Å². The van der Waals surface area contributed by atoms with Crippen molar-refractivity contribution in [2.45, 2.75) is 19.5 Å². The minimum atomic E-state index is 0.728. The van der Waals surface area contributed by atoms with E-state index in [0.717, 1.165) is 48.2 Å². The van der Waals surface area contributed by atoms with E-state index in [-0.39, 0.29) is 0 Å². The quantitative estimate of drug-likeness (QED) is 0.402. The van der Waals surface area contributed by atoms with Gasteiger partial charge in [-0.25, -0.2) is 9.97 Å². The largest absolute Gasteiger partial charge is 0.293 e. The summed E-state index contributed by atoms with van der Waals surface area (Å²) in [5.74, 6) is 0.777. The number of nitrogens with zero attached hydrogens (tertiary/aromatic N) is 3. The van der Waals surface area contributed by atoms with Gasteiger partial charge in [-0.1, -0.05) is 41.9 Å². The summed E-state index contributed by atoms with van der Waals surface area (Å²) in [5, 5.41) is 2.98. The lowest BCUT2D eigenvalue weighted by molar-refractivity contribution is 0.245. The van der Waals surface area contributed by atoms with Crippen molar-refractivity contribution >= 4 is 22.9 Å². The Morgan fingerprint density at radius 1 is 0.966 bits per heavy atom. The second-order valence-electron chi connectivity index (χ2n) is 7.30. The summed E-state index contributed by atoms with van der Waals surface area (Å²) in [6.07, 6.45) is 2.94. The molecule has 0 radical (unpaired) electrons. The van der Waals surface area contributed by atoms with Crippen molar-refractivity contribution in [2.75, 3.05) is 6.54 Å². The van der Waals surface area contributed by atoms with E-state index in [4.69, 9.17) is 16.6 Å². The van der Waals surface area contributed by atoms with E-state index in [0.29, 0.717) is 0 Å². The molecule has 3 heterocycles. The first-order chi connectivity index (χ1) is 14.2. The van der Waals surface area contributed by atoms with E-state index in [1.807, 2.05) is 41.8 Å². The molecule has 0 atom stereocenters. The molecule has 144 valence electrons. The molecular weight excluding hydrogens is 398 g/mol. The Morgan fingerprint density at radius 2 is 1.79 bits per heavy atom. The van der Waals surface area contributed by atoms with Gasteiger partial charge in [0.25, 0.3) is 0 Å². The molecule has 2 aromatic heterocycles. The Bertz CT molecular complexity index is 1120. The zero-order valence-corrected chi connectivity index (χ0v) is 17.5. The van der Waals surface area contributed by atoms with Gasteiger partial charge in [0.1, 0.15) is 0 Å². The Hall–Kier alpha value is -2.53. The average Bonchev–Trinajstić information content (AvgIpc) is 3.23. The van der Waals surface area contributed by atoms with Crippen molar-refractivity contribution in [3.8, 4) is 22.5 Å². The van der Waals surface area contributed by atoms with Crippen LogP contribution in [-0.2, 0) is 19.5 Å². The van der Waals surface area contributed by atoms with Crippen LogP contribution in [0.2, 0.25) is 5.02 Å². The Balaban J connectivity index is 1.29. The van der Waals surface area contributed by atoms with Crippen molar-refractivity contribution in [1.82, 2.24) is 14.9 Å². The predicted octanol–water partition coefficient (Wildman–Crippen LogP) is 6.08. The van der Waals surface area contributed by atoms with Crippen molar-refractivity contribution in [2.24, 2.45) is 0 Å². The zero-order valence-electron chi connectivity index (χ0n) is 15.9. The zero-order chi connectivity index (χ0) is 19.6. The lowest BCUT2D eigenvalue weighted by atomic mass is 10.1. The second-order valence-corrected chi connectivity index (χ2v) is 8.73. The van der Waals surface area contributed by atoms with Gasteiger partial charge in [0.05, 0.1) is 5.69 Å². The predicted molar refractivity (Wildman–Crippen MR) is 120 cm³/mol. The van der Waals surface area contributed by atoms with Gasteiger partial charge in [0.15, 0.2) is 5.82 Å². The highest BCUT2D eigenvalue weighted by atomic mass is 35.5. The molecule has 0 aliphatic carbocycles. The first kappa shape index (κ1) is 18.5. The van der Waals surface area contributed by atoms with Crippen LogP contribution in [0.4, 0.5) is 0 Å². The summed E-state index contributed by atoms with van der Waals surface area (Å²) in [6.45, 7) is 2.88. The van der Waals surface area contributed by atoms with Crippen LogP contribution in [-0.4, -0.2) is 21.4 Å². The smallest absolute Gasteiger partial charge is 0.159 e. The van der Waals surface area contributed by atoms with Gasteiger partial charge in [-0.3, -0.25) is 4.90 Å². The van der Waals surface area contributed by atoms with E-state index < -0.39 is 0 Å². The van der Waals surface area contributed by atoms with Gasteiger partial charge >= 0.3 is 0 Å². The molecule has 0 spiro atoms. The van der Waals surface area contributed by atoms with Crippen LogP contribution in [0.5, 0.6) is 0 Å². The van der Waals surface area contributed by atoms with Gasteiger partial charge in [-0.15, -0.1) is 11.3 Å². The Kier molecular flexibility index (Phi) is 5.15. The first-order valence-electron chi connectivity index (χ1n) is 9.70. The molecule has 0 N–H and O–H groups in total. The van der Waals surface area contributed by atoms with Gasteiger partial charge in [0, 0.05) is 53.3 Å². The molecule has 5 heteroatoms. The molecule has 0 amide bonds. The Morgan fingerprint density at radius 3 is 2.62 bits per heavy atom. The van der Waals surface area contributed by atoms with Crippen LogP contribution in [0.25, 0.3) is 22.5 Å². The summed E-state index contributed by atoms with van der Waals surface area (Å²) in [7, 11) is 0. The minimum absolute atomic E-state index is 0.728. The monoisotopic (exact) mass is 417 g/mol. The lowest BCUT2D eigenvalue weighted by Crippen LogP contribution is -2.30. The van der Waals surface area contributed by atoms with Crippen LogP contribution in [0.15, 0.2) is 72.2 Å². The molecule has 2 aromatic carbocycles. The van der Waals surface area contributed by atoms with Crippen molar-refractivity contribution in [3.05, 3.63) is 93.4 Å². The summed E-state index contributed by atoms with van der Waals surface area (Å²) >= 11 is 7.82. The van der Waals surface area contributed by atoms with Gasteiger partial charge in [-0.2, -0.15) is 0 Å². The highest BCUT2D eigenvalue weighted by Gasteiger charge is 2.19. The summed E-state index contributed by atoms with van der Waals surface area (Å²) < 4.78 is 0. The first-order valence-corrected chi connectivity index (χ1v) is 11.0. The molecule has 0 saturated carbocycles. The second kappa shape index (κ2) is 8.07. The maximum Gasteiger partial charge on any atom is 0.159 e. The minimum Gasteiger partial charge on any atom is -0.293 e. The fourth-order valence-electron chi connectivity index (χ4n) is 3.71. The van der Waals surface area contributed by atoms with E-state index in [1.165, 1.54) is 21.6 Å². The van der Waals surface area contributed by atoms with Gasteiger partial charge in [-0.05, 0) is 46.8 Å². The van der Waals surface area contributed by atoms with E-state index in [9.17, 15) is 0 Å². The van der Waals surface area contributed by atoms with Crippen molar-refractivity contribution in [1.29, 1.82) is 0 Å². The number of rotatable bonds is 4. The summed E-state index contributed by atoms with van der Waals surface area (Å²) in [4.78, 5) is 13.3. The normalized spacial score (nSPS) is 14.0. The third kappa shape index (κ3) is 4.10. The van der Waals surface area contributed by atoms with Crippen LogP contribution < -0.4 is 0 Å². The third-order valence-corrected chi connectivity index (χ3v) is 6.43. The summed E-state index contributed by atoms with van der Waals surface area (Å²) in [6, 6.07) is 20.6. The standard InChI is InChI=1S/C24H20ClN3S/c25-21-8-6-18(7-9-21)24-26-13-20-14-28(11-10-23(20)27-24)15-22-12-19(16-29-22)17-4-2-1-3-5-17/h1-9,12-13,16H,10-11,14-15H2. The average molecular weight is 418 g/mol.